The van der Waals surface area contributed by atoms with Gasteiger partial charge in [-0.05, 0) is 136 Å². The molecule has 82 heavy (non-hydrogen) atoms. The molecule has 7 aromatic rings. The van der Waals surface area contributed by atoms with Gasteiger partial charge in [0, 0.05) is 91.9 Å². The first-order valence-electron chi connectivity index (χ1n) is 30.7. The molecule has 0 radical (unpaired) electrons. The molecule has 6 heteroatoms. The van der Waals surface area contributed by atoms with Crippen LogP contribution in [0, 0.1) is 0 Å². The maximum atomic E-state index is 2.69. The molecule has 6 aromatic heterocycles. The zero-order valence-electron chi connectivity index (χ0n) is 58.1. The zero-order chi connectivity index (χ0) is 62.5. The predicted molar refractivity (Wildman–Crippen MR) is 381 cm³/mol. The molecule has 0 amide bonds. The summed E-state index contributed by atoms with van der Waals surface area (Å²) in [6.07, 6.45) is 0.984. The number of hydrogen-bond donors (Lipinski definition) is 0. The van der Waals surface area contributed by atoms with Crippen molar-refractivity contribution in [2.24, 2.45) is 0 Å². The van der Waals surface area contributed by atoms with Crippen molar-refractivity contribution in [3.05, 3.63) is 99.0 Å². The lowest BCUT2D eigenvalue weighted by Gasteiger charge is -2.26. The summed E-state index contributed by atoms with van der Waals surface area (Å²) in [5.74, 6) is 0. The maximum Gasteiger partial charge on any atom is 0.0362 e. The Balaban J connectivity index is 2.07. The quantitative estimate of drug-likeness (QED) is 0.149. The summed E-state index contributed by atoms with van der Waals surface area (Å²) in [5, 5.41) is 0. The van der Waals surface area contributed by atoms with E-state index in [-0.39, 0.29) is 59.6 Å². The normalized spacial score (nSPS) is 14.3. The third-order valence-corrected chi connectivity index (χ3v) is 25.5. The molecule has 6 heterocycles. The van der Waals surface area contributed by atoms with Crippen LogP contribution in [0.15, 0.2) is 36.4 Å². The minimum atomic E-state index is -0.0857. The highest BCUT2D eigenvalue weighted by Gasteiger charge is 2.42. The summed E-state index contributed by atoms with van der Waals surface area (Å²) in [6, 6.07) is 16.1. The summed E-state index contributed by atoms with van der Waals surface area (Å²) in [7, 11) is 0. The molecular formula is C76H110S6. The highest BCUT2D eigenvalue weighted by molar-refractivity contribution is 7.20. The van der Waals surface area contributed by atoms with Gasteiger partial charge in [-0.15, -0.1) is 68.0 Å². The SMILES string of the molecule is CCc1cc(-c2c(-c3cc(C(C)(C)C)c(C(C)(C)C)s3)c(-c3cc(C(C)(C)C)c(C(C)(C)C)s3)c(-c3cc(C(C)(C)C)c(C(C)(C)C)s3)c(-c3cc(C(C)(C)C)c(C(C)(C)C)s3)c2-c2cc(C(C)(C)C)c(C(C)(C)C)s2)sc1C(C)(C)C. The number of benzene rings is 1. The van der Waals surface area contributed by atoms with Crippen molar-refractivity contribution in [3.8, 4) is 62.6 Å². The van der Waals surface area contributed by atoms with E-state index in [1.54, 1.807) is 0 Å². The van der Waals surface area contributed by atoms with E-state index in [1.807, 2.05) is 0 Å². The third-order valence-electron chi connectivity index (χ3n) is 16.0. The third kappa shape index (κ3) is 13.2. The molecule has 0 aliphatic carbocycles. The molecule has 450 valence electrons. The molecule has 0 atom stereocenters. The largest absolute Gasteiger partial charge is 0.139 e. The maximum absolute atomic E-state index is 2.69. The fourth-order valence-electron chi connectivity index (χ4n) is 11.8. The van der Waals surface area contributed by atoms with Gasteiger partial charge in [-0.25, -0.2) is 0 Å². The van der Waals surface area contributed by atoms with Gasteiger partial charge in [-0.2, -0.15) is 0 Å². The van der Waals surface area contributed by atoms with Gasteiger partial charge in [-0.1, -0.05) is 235 Å². The molecule has 0 saturated heterocycles. The molecule has 0 aliphatic rings. The van der Waals surface area contributed by atoms with Gasteiger partial charge in [0.25, 0.3) is 0 Å². The van der Waals surface area contributed by atoms with Crippen molar-refractivity contribution in [1.82, 2.24) is 0 Å². The Bertz CT molecular complexity index is 3160. The summed E-state index contributed by atoms with van der Waals surface area (Å²) < 4.78 is 0. The predicted octanol–water partition coefficient (Wildman–Crippen LogP) is 26.9. The molecule has 0 unspecified atom stereocenters. The fourth-order valence-corrected chi connectivity index (χ4v) is 20.6. The molecule has 7 rings (SSSR count). The van der Waals surface area contributed by atoms with Crippen LogP contribution >= 0.6 is 68.0 Å². The molecule has 0 nitrogen and oxygen atoms in total. The summed E-state index contributed by atoms with van der Waals surface area (Å²) in [6.45, 7) is 83.1. The lowest BCUT2D eigenvalue weighted by molar-refractivity contribution is 0.542. The summed E-state index contributed by atoms with van der Waals surface area (Å²) in [5.41, 5.74) is 16.3. The number of aryl methyl sites for hydroxylation is 1. The second kappa shape index (κ2) is 21.3. The lowest BCUT2D eigenvalue weighted by atomic mass is 9.77. The number of rotatable bonds is 7. The first kappa shape index (κ1) is 66.9. The van der Waals surface area contributed by atoms with Crippen LogP contribution in [0.3, 0.4) is 0 Å². The average molecular weight is 1220 g/mol. The van der Waals surface area contributed by atoms with Gasteiger partial charge in [0.1, 0.15) is 0 Å². The monoisotopic (exact) mass is 1210 g/mol. The van der Waals surface area contributed by atoms with Crippen molar-refractivity contribution >= 4 is 68.0 Å². The van der Waals surface area contributed by atoms with E-state index in [1.165, 1.54) is 125 Å². The molecule has 0 fully saturated rings. The molecule has 0 saturated carbocycles. The van der Waals surface area contributed by atoms with E-state index in [2.05, 4.69) is 340 Å². The molecule has 0 N–H and O–H groups in total. The van der Waals surface area contributed by atoms with Crippen LogP contribution in [0.1, 0.15) is 298 Å². The highest BCUT2D eigenvalue weighted by Crippen LogP contribution is 2.64. The van der Waals surface area contributed by atoms with Crippen molar-refractivity contribution in [3.63, 3.8) is 0 Å². The minimum Gasteiger partial charge on any atom is -0.139 e. The molecule has 0 spiro atoms. The van der Waals surface area contributed by atoms with Crippen LogP contribution in [-0.4, -0.2) is 0 Å². The van der Waals surface area contributed by atoms with E-state index in [0.29, 0.717) is 0 Å². The van der Waals surface area contributed by atoms with Gasteiger partial charge < -0.3 is 0 Å². The highest BCUT2D eigenvalue weighted by atomic mass is 32.1. The smallest absolute Gasteiger partial charge is 0.0362 e. The summed E-state index contributed by atoms with van der Waals surface area (Å²) >= 11 is 12.5. The van der Waals surface area contributed by atoms with Crippen LogP contribution in [0.5, 0.6) is 0 Å². The van der Waals surface area contributed by atoms with Gasteiger partial charge in [0.2, 0.25) is 0 Å². The lowest BCUT2D eigenvalue weighted by Crippen LogP contribution is -2.19. The second-order valence-corrected chi connectivity index (χ2v) is 41.9. The molecule has 0 bridgehead atoms. The van der Waals surface area contributed by atoms with Crippen molar-refractivity contribution in [2.45, 2.75) is 301 Å². The van der Waals surface area contributed by atoms with Crippen molar-refractivity contribution in [2.75, 3.05) is 0 Å². The summed E-state index contributed by atoms with van der Waals surface area (Å²) in [4.78, 5) is 17.2. The van der Waals surface area contributed by atoms with Crippen LogP contribution in [-0.2, 0) is 66.0 Å². The fraction of sp³-hybridized carbons (Fsp3) is 0.605. The minimum absolute atomic E-state index is 0.0404. The zero-order valence-corrected chi connectivity index (χ0v) is 63.0. The van der Waals surface area contributed by atoms with Crippen molar-refractivity contribution < 1.29 is 0 Å². The van der Waals surface area contributed by atoms with E-state index < -0.39 is 0 Å². The molecular weight excluding hydrogens is 1110 g/mol. The van der Waals surface area contributed by atoms with Gasteiger partial charge in [-0.3, -0.25) is 0 Å². The van der Waals surface area contributed by atoms with E-state index in [0.717, 1.165) is 6.42 Å². The Morgan fingerprint density at radius 2 is 0.354 bits per heavy atom. The average Bonchev–Trinajstić information content (AvgIpc) is 4.11. The number of hydrogen-bond acceptors (Lipinski definition) is 6. The van der Waals surface area contributed by atoms with E-state index in [9.17, 15) is 0 Å². The first-order chi connectivity index (χ1) is 36.6. The Morgan fingerprint density at radius 3 is 0.463 bits per heavy atom. The van der Waals surface area contributed by atoms with Crippen molar-refractivity contribution in [1.29, 1.82) is 0 Å². The van der Waals surface area contributed by atoms with E-state index >= 15 is 0 Å². The molecule has 0 aliphatic heterocycles. The Hall–Kier alpha value is -2.58. The van der Waals surface area contributed by atoms with Gasteiger partial charge in [0.15, 0.2) is 0 Å². The van der Waals surface area contributed by atoms with Gasteiger partial charge >= 0.3 is 0 Å². The standard InChI is InChI=1S/C76H110S6/c1-35-42-36-48(77-60(42)71(17,18)19)54-55(49-37-43(66(2,3)4)61(78-49)72(20,21)22)57(51-39-45(68(8,9)10)63(80-51)74(26,27)28)59(53-41-47(70(14,15)16)65(82-53)76(32,33)34)58(52-40-46(69(11,12)13)64(81-52)75(29,30)31)56(54)50-38-44(67(5,6)7)62(79-50)73(23,24)25/h36-41H,35H2,1-34H3. The Labute approximate surface area is 526 Å². The van der Waals surface area contributed by atoms with Crippen LogP contribution in [0.2, 0.25) is 0 Å². The Kier molecular flexibility index (Phi) is 17.4. The van der Waals surface area contributed by atoms with Crippen LogP contribution in [0.4, 0.5) is 0 Å². The first-order valence-corrected chi connectivity index (χ1v) is 35.6. The van der Waals surface area contributed by atoms with Crippen LogP contribution in [0.25, 0.3) is 62.6 Å². The second-order valence-electron chi connectivity index (χ2n) is 35.6. The van der Waals surface area contributed by atoms with Gasteiger partial charge in [0.05, 0.1) is 0 Å². The number of thiophene rings is 6. The molecule has 1 aromatic carbocycles. The topological polar surface area (TPSA) is 0 Å². The van der Waals surface area contributed by atoms with E-state index in [4.69, 9.17) is 0 Å². The van der Waals surface area contributed by atoms with Crippen LogP contribution < -0.4 is 0 Å². The Morgan fingerprint density at radius 1 is 0.207 bits per heavy atom.